The quantitative estimate of drug-likeness (QED) is 0.642. The van der Waals surface area contributed by atoms with Gasteiger partial charge in [-0.05, 0) is 43.3 Å². The molecule has 1 aliphatic rings. The minimum Gasteiger partial charge on any atom is -0.481 e. The minimum atomic E-state index is -0.976. The Morgan fingerprint density at radius 2 is 1.84 bits per heavy atom. The molecular weight excluding hydrogens is 421 g/mol. The zero-order valence-electron chi connectivity index (χ0n) is 17.1. The largest absolute Gasteiger partial charge is 0.481 e. The smallest absolute Gasteiger partial charge is 0.263 e. The lowest BCUT2D eigenvalue weighted by atomic mass is 10.1. The number of nitrogens with zero attached hydrogens (tertiary/aromatic N) is 1. The second-order valence-electron chi connectivity index (χ2n) is 7.45. The van der Waals surface area contributed by atoms with E-state index in [9.17, 15) is 22.8 Å². The van der Waals surface area contributed by atoms with Crippen molar-refractivity contribution >= 4 is 17.5 Å². The first-order valence-electron chi connectivity index (χ1n) is 9.90. The zero-order chi connectivity index (χ0) is 22.8. The van der Waals surface area contributed by atoms with Crippen molar-refractivity contribution in [3.05, 3.63) is 94.8 Å². The Kier molecular flexibility index (Phi) is 5.85. The fourth-order valence-electron chi connectivity index (χ4n) is 3.52. The first kappa shape index (κ1) is 21.4. The third-order valence-electron chi connectivity index (χ3n) is 5.14. The van der Waals surface area contributed by atoms with Crippen LogP contribution >= 0.6 is 0 Å². The highest BCUT2D eigenvalue weighted by molar-refractivity contribution is 6.04. The van der Waals surface area contributed by atoms with Gasteiger partial charge >= 0.3 is 0 Å². The lowest BCUT2D eigenvalue weighted by Crippen LogP contribution is -2.37. The number of amides is 2. The maximum absolute atomic E-state index is 14.1. The molecule has 0 bridgehead atoms. The first-order chi connectivity index (χ1) is 15.3. The molecule has 32 heavy (non-hydrogen) atoms. The second kappa shape index (κ2) is 8.74. The van der Waals surface area contributed by atoms with Gasteiger partial charge in [0, 0.05) is 36.0 Å². The maximum Gasteiger partial charge on any atom is 0.263 e. The van der Waals surface area contributed by atoms with Crippen LogP contribution in [0.15, 0.2) is 60.7 Å². The number of carbonyl (C=O) groups is 2. The summed E-state index contributed by atoms with van der Waals surface area (Å²) in [4.78, 5) is 26.7. The van der Waals surface area contributed by atoms with E-state index in [0.717, 1.165) is 12.1 Å². The van der Waals surface area contributed by atoms with E-state index in [2.05, 4.69) is 5.32 Å². The van der Waals surface area contributed by atoms with Crippen molar-refractivity contribution in [3.8, 4) is 5.75 Å². The molecule has 164 valence electrons. The summed E-state index contributed by atoms with van der Waals surface area (Å²) in [6, 6.07) is 13.6. The first-order valence-corrected chi connectivity index (χ1v) is 9.90. The molecule has 8 heteroatoms. The summed E-state index contributed by atoms with van der Waals surface area (Å²) in [6.45, 7) is 1.79. The van der Waals surface area contributed by atoms with E-state index >= 15 is 0 Å². The van der Waals surface area contributed by atoms with Gasteiger partial charge in [-0.25, -0.2) is 13.2 Å². The van der Waals surface area contributed by atoms with Crippen molar-refractivity contribution in [2.45, 2.75) is 26.1 Å². The fraction of sp³-hybridized carbons (Fsp3) is 0.167. The predicted molar refractivity (Wildman–Crippen MR) is 111 cm³/mol. The average Bonchev–Trinajstić information content (AvgIpc) is 2.86. The highest BCUT2D eigenvalue weighted by Crippen LogP contribution is 2.30. The molecule has 0 saturated carbocycles. The molecule has 0 radical (unpaired) electrons. The molecule has 3 aromatic carbocycles. The van der Waals surface area contributed by atoms with E-state index < -0.39 is 29.5 Å². The number of halogens is 3. The van der Waals surface area contributed by atoms with Gasteiger partial charge in [0.05, 0.1) is 5.56 Å². The highest BCUT2D eigenvalue weighted by Gasteiger charge is 2.28. The number of benzene rings is 3. The lowest BCUT2D eigenvalue weighted by molar-refractivity contribution is -0.138. The number of hydrogen-bond donors (Lipinski definition) is 1. The molecule has 4 rings (SSSR count). The van der Waals surface area contributed by atoms with Crippen molar-refractivity contribution in [3.63, 3.8) is 0 Å². The van der Waals surface area contributed by atoms with Crippen molar-refractivity contribution in [1.29, 1.82) is 0 Å². The van der Waals surface area contributed by atoms with Gasteiger partial charge in [0.1, 0.15) is 23.2 Å². The molecule has 2 amide bonds. The summed E-state index contributed by atoms with van der Waals surface area (Å²) in [6.07, 6.45) is -0.781. The Morgan fingerprint density at radius 1 is 1.06 bits per heavy atom. The summed E-state index contributed by atoms with van der Waals surface area (Å²) in [5, 5.41) is 2.56. The molecule has 1 atom stereocenters. The van der Waals surface area contributed by atoms with Crippen LogP contribution in [0.3, 0.4) is 0 Å². The van der Waals surface area contributed by atoms with Gasteiger partial charge in [0.15, 0.2) is 6.10 Å². The van der Waals surface area contributed by atoms with E-state index in [1.165, 1.54) is 11.0 Å². The monoisotopic (exact) mass is 440 g/mol. The van der Waals surface area contributed by atoms with Crippen molar-refractivity contribution in [2.24, 2.45) is 0 Å². The summed E-state index contributed by atoms with van der Waals surface area (Å²) in [7, 11) is 0. The molecule has 3 aromatic rings. The number of anilines is 1. The summed E-state index contributed by atoms with van der Waals surface area (Å²) < 4.78 is 46.9. The van der Waals surface area contributed by atoms with Crippen molar-refractivity contribution in [2.75, 3.05) is 5.32 Å². The average molecular weight is 440 g/mol. The van der Waals surface area contributed by atoms with Crippen LogP contribution < -0.4 is 10.1 Å². The van der Waals surface area contributed by atoms with E-state index in [1.807, 2.05) is 0 Å². The Bertz CT molecular complexity index is 1200. The van der Waals surface area contributed by atoms with Crippen LogP contribution in [-0.4, -0.2) is 22.8 Å². The van der Waals surface area contributed by atoms with E-state index in [-0.39, 0.29) is 24.6 Å². The maximum atomic E-state index is 14.1. The van der Waals surface area contributed by atoms with E-state index in [1.54, 1.807) is 43.3 Å². The van der Waals surface area contributed by atoms with Gasteiger partial charge in [-0.1, -0.05) is 18.2 Å². The molecule has 0 aliphatic carbocycles. The van der Waals surface area contributed by atoms with Crippen molar-refractivity contribution in [1.82, 2.24) is 4.90 Å². The van der Waals surface area contributed by atoms with Gasteiger partial charge < -0.3 is 15.0 Å². The molecule has 1 heterocycles. The molecule has 5 nitrogen and oxygen atoms in total. The van der Waals surface area contributed by atoms with Crippen molar-refractivity contribution < 1.29 is 27.5 Å². The number of ether oxygens (including phenoxy) is 1. The summed E-state index contributed by atoms with van der Waals surface area (Å²) in [5.41, 5.74) is 1.00. The molecule has 0 spiro atoms. The minimum absolute atomic E-state index is 0.0516. The third-order valence-corrected chi connectivity index (χ3v) is 5.14. The van der Waals surface area contributed by atoms with E-state index in [4.69, 9.17) is 4.74 Å². The summed E-state index contributed by atoms with van der Waals surface area (Å²) >= 11 is 0. The van der Waals surface area contributed by atoms with Crippen LogP contribution in [0.25, 0.3) is 0 Å². The molecule has 0 fully saturated rings. The molecule has 1 N–H and O–H groups in total. The van der Waals surface area contributed by atoms with Gasteiger partial charge in [0.25, 0.3) is 11.8 Å². The van der Waals surface area contributed by atoms with Crippen LogP contribution in [0.5, 0.6) is 5.75 Å². The van der Waals surface area contributed by atoms with Gasteiger partial charge in [0.2, 0.25) is 0 Å². The SMILES string of the molecule is CC1Oc2ccc(NC(=O)c3ccc(F)cc3F)cc2CN(Cc2ccccc2F)C1=O. The lowest BCUT2D eigenvalue weighted by Gasteiger charge is -2.22. The normalized spacial score (nSPS) is 15.6. The van der Waals surface area contributed by atoms with Crippen LogP contribution in [0.1, 0.15) is 28.4 Å². The predicted octanol–water partition coefficient (Wildman–Crippen LogP) is 4.67. The van der Waals surface area contributed by atoms with Gasteiger partial charge in [-0.2, -0.15) is 0 Å². The Balaban J connectivity index is 1.59. The molecule has 1 unspecified atom stereocenters. The number of carbonyl (C=O) groups excluding carboxylic acids is 2. The van der Waals surface area contributed by atoms with Crippen LogP contribution in [0, 0.1) is 17.5 Å². The standard InChI is InChI=1S/C24H19F3N2O3/c1-14-24(31)29(12-15-4-2-3-5-20(15)26)13-16-10-18(7-9-22(16)32-14)28-23(30)19-8-6-17(25)11-21(19)27/h2-11,14H,12-13H2,1H3,(H,28,30). The third kappa shape index (κ3) is 4.44. The number of hydrogen-bond acceptors (Lipinski definition) is 3. The molecular formula is C24H19F3N2O3. The van der Waals surface area contributed by atoms with Crippen LogP contribution in [0.2, 0.25) is 0 Å². The summed E-state index contributed by atoms with van der Waals surface area (Å²) in [5.74, 6) is -2.77. The Morgan fingerprint density at radius 3 is 2.59 bits per heavy atom. The Labute approximate surface area is 182 Å². The Hall–Kier alpha value is -3.81. The van der Waals surface area contributed by atoms with E-state index in [0.29, 0.717) is 28.6 Å². The molecule has 1 aliphatic heterocycles. The number of rotatable bonds is 4. The highest BCUT2D eigenvalue weighted by atomic mass is 19.1. The number of fused-ring (bicyclic) bond motifs is 1. The van der Waals surface area contributed by atoms with Crippen LogP contribution in [0.4, 0.5) is 18.9 Å². The van der Waals surface area contributed by atoms with Gasteiger partial charge in [-0.15, -0.1) is 0 Å². The zero-order valence-corrected chi connectivity index (χ0v) is 17.1. The topological polar surface area (TPSA) is 58.6 Å². The van der Waals surface area contributed by atoms with Crippen LogP contribution in [-0.2, 0) is 17.9 Å². The number of nitrogens with one attached hydrogen (secondary N) is 1. The van der Waals surface area contributed by atoms with Gasteiger partial charge in [-0.3, -0.25) is 9.59 Å². The molecule has 0 aromatic heterocycles. The molecule has 0 saturated heterocycles. The second-order valence-corrected chi connectivity index (χ2v) is 7.45. The fourth-order valence-corrected chi connectivity index (χ4v) is 3.52.